The molecule has 0 aromatic rings. The summed E-state index contributed by atoms with van der Waals surface area (Å²) in [5, 5.41) is 0. The van der Waals surface area contributed by atoms with Gasteiger partial charge in [-0.05, 0) is 43.6 Å². The summed E-state index contributed by atoms with van der Waals surface area (Å²) in [6.07, 6.45) is 5.06. The largest absolute Gasteiger partial charge is 0.342 e. The van der Waals surface area contributed by atoms with Crippen molar-refractivity contribution in [2.45, 2.75) is 52.9 Å². The summed E-state index contributed by atoms with van der Waals surface area (Å²) in [6, 6.07) is 0. The molecule has 1 aliphatic heterocycles. The van der Waals surface area contributed by atoms with Crippen LogP contribution in [0.15, 0.2) is 0 Å². The predicted octanol–water partition coefficient (Wildman–Crippen LogP) is 2.40. The Hall–Kier alpha value is -0.570. The number of likely N-dealkylation sites (tertiary alicyclic amines) is 1. The van der Waals surface area contributed by atoms with Gasteiger partial charge in [0.25, 0.3) is 0 Å². The van der Waals surface area contributed by atoms with Crippen molar-refractivity contribution in [1.29, 1.82) is 0 Å². The van der Waals surface area contributed by atoms with Gasteiger partial charge in [-0.1, -0.05) is 20.8 Å². The first kappa shape index (κ1) is 14.5. The van der Waals surface area contributed by atoms with E-state index < -0.39 is 0 Å². The normalized spacial score (nSPS) is 21.6. The minimum Gasteiger partial charge on any atom is -0.342 e. The van der Waals surface area contributed by atoms with E-state index in [0.29, 0.717) is 24.8 Å². The molecule has 3 heteroatoms. The fourth-order valence-electron chi connectivity index (χ4n) is 2.54. The highest BCUT2D eigenvalue weighted by Crippen LogP contribution is 2.27. The van der Waals surface area contributed by atoms with Crippen LogP contribution in [0.3, 0.4) is 0 Å². The summed E-state index contributed by atoms with van der Waals surface area (Å²) in [4.78, 5) is 14.1. The summed E-state index contributed by atoms with van der Waals surface area (Å²) >= 11 is 0. The molecule has 1 atom stereocenters. The van der Waals surface area contributed by atoms with Gasteiger partial charge in [-0.3, -0.25) is 4.79 Å². The molecule has 1 aliphatic rings. The predicted molar refractivity (Wildman–Crippen MR) is 71.7 cm³/mol. The van der Waals surface area contributed by atoms with Crippen LogP contribution in [0.25, 0.3) is 0 Å². The summed E-state index contributed by atoms with van der Waals surface area (Å²) in [7, 11) is 0. The highest BCUT2D eigenvalue weighted by Gasteiger charge is 2.23. The molecule has 0 aromatic carbocycles. The Labute approximate surface area is 106 Å². The molecule has 1 saturated heterocycles. The van der Waals surface area contributed by atoms with Crippen molar-refractivity contribution in [3.8, 4) is 0 Å². The zero-order valence-electron chi connectivity index (χ0n) is 11.7. The molecule has 1 amide bonds. The van der Waals surface area contributed by atoms with E-state index in [9.17, 15) is 4.79 Å². The van der Waals surface area contributed by atoms with Crippen LogP contribution in [0, 0.1) is 11.3 Å². The Morgan fingerprint density at radius 3 is 2.71 bits per heavy atom. The zero-order valence-corrected chi connectivity index (χ0v) is 11.7. The van der Waals surface area contributed by atoms with E-state index >= 15 is 0 Å². The SMILES string of the molecule is CC1CCCN(C(=O)CCC(C)(C)CCN)C1. The second-order valence-corrected chi connectivity index (χ2v) is 6.29. The average molecular weight is 240 g/mol. The van der Waals surface area contributed by atoms with Gasteiger partial charge in [0, 0.05) is 19.5 Å². The van der Waals surface area contributed by atoms with E-state index in [1.54, 1.807) is 0 Å². The third-order valence-corrected chi connectivity index (χ3v) is 3.85. The minimum atomic E-state index is 0.200. The molecule has 100 valence electrons. The first-order chi connectivity index (χ1) is 7.94. The molecular formula is C14H28N2O. The van der Waals surface area contributed by atoms with Crippen LogP contribution in [0.4, 0.5) is 0 Å². The van der Waals surface area contributed by atoms with Crippen LogP contribution in [0.1, 0.15) is 52.9 Å². The number of hydrogen-bond donors (Lipinski definition) is 1. The van der Waals surface area contributed by atoms with E-state index in [1.165, 1.54) is 12.8 Å². The number of rotatable bonds is 5. The number of piperidine rings is 1. The average Bonchev–Trinajstić information content (AvgIpc) is 2.26. The van der Waals surface area contributed by atoms with Gasteiger partial charge in [0.15, 0.2) is 0 Å². The molecule has 0 saturated carbocycles. The number of amides is 1. The third-order valence-electron chi connectivity index (χ3n) is 3.85. The molecule has 0 aromatic heterocycles. The van der Waals surface area contributed by atoms with Gasteiger partial charge in [-0.15, -0.1) is 0 Å². The minimum absolute atomic E-state index is 0.200. The Bertz CT molecular complexity index is 251. The van der Waals surface area contributed by atoms with Crippen LogP contribution in [0.2, 0.25) is 0 Å². The lowest BCUT2D eigenvalue weighted by atomic mass is 9.84. The maximum atomic E-state index is 12.1. The lowest BCUT2D eigenvalue weighted by Gasteiger charge is -2.32. The van der Waals surface area contributed by atoms with Crippen LogP contribution in [-0.2, 0) is 4.79 Å². The standard InChI is InChI=1S/C14H28N2O/c1-12-5-4-10-16(11-12)13(17)6-7-14(2,3)8-9-15/h12H,4-11,15H2,1-3H3. The zero-order chi connectivity index (χ0) is 12.9. The molecule has 0 bridgehead atoms. The molecular weight excluding hydrogens is 212 g/mol. The van der Waals surface area contributed by atoms with Gasteiger partial charge >= 0.3 is 0 Å². The number of nitrogens with zero attached hydrogens (tertiary/aromatic N) is 1. The molecule has 0 spiro atoms. The van der Waals surface area contributed by atoms with Crippen LogP contribution < -0.4 is 5.73 Å². The smallest absolute Gasteiger partial charge is 0.222 e. The highest BCUT2D eigenvalue weighted by atomic mass is 16.2. The Kier molecular flexibility index (Phi) is 5.44. The lowest BCUT2D eigenvalue weighted by Crippen LogP contribution is -2.39. The summed E-state index contributed by atoms with van der Waals surface area (Å²) < 4.78 is 0. The van der Waals surface area contributed by atoms with E-state index in [-0.39, 0.29) is 5.41 Å². The molecule has 1 rings (SSSR count). The first-order valence-electron chi connectivity index (χ1n) is 6.92. The van der Waals surface area contributed by atoms with Gasteiger partial charge < -0.3 is 10.6 Å². The van der Waals surface area contributed by atoms with Crippen molar-refractivity contribution in [1.82, 2.24) is 4.90 Å². The van der Waals surface area contributed by atoms with Crippen LogP contribution >= 0.6 is 0 Å². The fourth-order valence-corrected chi connectivity index (χ4v) is 2.54. The highest BCUT2D eigenvalue weighted by molar-refractivity contribution is 5.76. The van der Waals surface area contributed by atoms with Crippen LogP contribution in [-0.4, -0.2) is 30.4 Å². The number of hydrogen-bond acceptors (Lipinski definition) is 2. The number of carbonyl (C=O) groups is 1. The quantitative estimate of drug-likeness (QED) is 0.802. The van der Waals surface area contributed by atoms with E-state index in [2.05, 4.69) is 20.8 Å². The maximum Gasteiger partial charge on any atom is 0.222 e. The molecule has 0 radical (unpaired) electrons. The Morgan fingerprint density at radius 2 is 2.12 bits per heavy atom. The maximum absolute atomic E-state index is 12.1. The van der Waals surface area contributed by atoms with Gasteiger partial charge in [-0.25, -0.2) is 0 Å². The van der Waals surface area contributed by atoms with E-state index in [0.717, 1.165) is 25.9 Å². The van der Waals surface area contributed by atoms with Gasteiger partial charge in [-0.2, -0.15) is 0 Å². The summed E-state index contributed by atoms with van der Waals surface area (Å²) in [5.41, 5.74) is 5.79. The van der Waals surface area contributed by atoms with Crippen molar-refractivity contribution in [2.24, 2.45) is 17.1 Å². The van der Waals surface area contributed by atoms with Crippen molar-refractivity contribution < 1.29 is 4.79 Å². The van der Waals surface area contributed by atoms with E-state index in [4.69, 9.17) is 5.73 Å². The lowest BCUT2D eigenvalue weighted by molar-refractivity contribution is -0.133. The van der Waals surface area contributed by atoms with Crippen molar-refractivity contribution in [3.63, 3.8) is 0 Å². The third kappa shape index (κ3) is 5.07. The van der Waals surface area contributed by atoms with Gasteiger partial charge in [0.2, 0.25) is 5.91 Å². The van der Waals surface area contributed by atoms with Gasteiger partial charge in [0.05, 0.1) is 0 Å². The second-order valence-electron chi connectivity index (χ2n) is 6.29. The fraction of sp³-hybridized carbons (Fsp3) is 0.929. The molecule has 2 N–H and O–H groups in total. The molecule has 1 heterocycles. The molecule has 1 fully saturated rings. The molecule has 0 aliphatic carbocycles. The van der Waals surface area contributed by atoms with Crippen LogP contribution in [0.5, 0.6) is 0 Å². The summed E-state index contributed by atoms with van der Waals surface area (Å²) in [5.74, 6) is 1.01. The monoisotopic (exact) mass is 240 g/mol. The Morgan fingerprint density at radius 1 is 1.41 bits per heavy atom. The molecule has 3 nitrogen and oxygen atoms in total. The van der Waals surface area contributed by atoms with Gasteiger partial charge in [0.1, 0.15) is 0 Å². The Balaban J connectivity index is 2.33. The van der Waals surface area contributed by atoms with Crippen molar-refractivity contribution >= 4 is 5.91 Å². The number of nitrogens with two attached hydrogens (primary N) is 1. The first-order valence-corrected chi connectivity index (χ1v) is 6.92. The number of carbonyl (C=O) groups excluding carboxylic acids is 1. The molecule has 1 unspecified atom stereocenters. The molecule has 17 heavy (non-hydrogen) atoms. The van der Waals surface area contributed by atoms with Crippen molar-refractivity contribution in [2.75, 3.05) is 19.6 Å². The van der Waals surface area contributed by atoms with E-state index in [1.807, 2.05) is 4.90 Å². The van der Waals surface area contributed by atoms with Crippen molar-refractivity contribution in [3.05, 3.63) is 0 Å². The second kappa shape index (κ2) is 6.39. The topological polar surface area (TPSA) is 46.3 Å². The summed E-state index contributed by atoms with van der Waals surface area (Å²) in [6.45, 7) is 9.26.